The number of rotatable bonds is 2. The highest BCUT2D eigenvalue weighted by Gasteiger charge is 2.11. The van der Waals surface area contributed by atoms with Crippen molar-refractivity contribution in [1.29, 1.82) is 0 Å². The summed E-state index contributed by atoms with van der Waals surface area (Å²) in [4.78, 5) is 17.1. The molecule has 0 spiro atoms. The van der Waals surface area contributed by atoms with E-state index in [1.165, 1.54) is 22.5 Å². The van der Waals surface area contributed by atoms with Gasteiger partial charge in [0.05, 0.1) is 16.8 Å². The highest BCUT2D eigenvalue weighted by molar-refractivity contribution is 7.16. The van der Waals surface area contributed by atoms with Crippen molar-refractivity contribution in [3.05, 3.63) is 46.0 Å². The van der Waals surface area contributed by atoms with E-state index in [1.54, 1.807) is 24.0 Å². The van der Waals surface area contributed by atoms with Crippen LogP contribution in [-0.4, -0.2) is 20.3 Å². The molecular weight excluding hydrogens is 308 g/mol. The maximum Gasteiger partial charge on any atom is 0.300 e. The first-order valence-corrected chi connectivity index (χ1v) is 7.94. The Morgan fingerprint density at radius 3 is 2.78 bits per heavy atom. The van der Waals surface area contributed by atoms with Gasteiger partial charge in [-0.15, -0.1) is 6.42 Å². The quantitative estimate of drug-likeness (QED) is 0.680. The van der Waals surface area contributed by atoms with E-state index < -0.39 is 0 Å². The highest BCUT2D eigenvalue weighted by Crippen LogP contribution is 2.22. The SMILES string of the molecule is C#CCn1c(=NC(=O)c2ccn(C)n2)sc2cc(C)c(C)cc21. The number of aryl methyl sites for hydroxylation is 3. The number of hydrogen-bond acceptors (Lipinski definition) is 3. The summed E-state index contributed by atoms with van der Waals surface area (Å²) in [6.07, 6.45) is 7.20. The Labute approximate surface area is 137 Å². The molecule has 116 valence electrons. The predicted molar refractivity (Wildman–Crippen MR) is 91.2 cm³/mol. The van der Waals surface area contributed by atoms with E-state index in [2.05, 4.69) is 42.0 Å². The van der Waals surface area contributed by atoms with Crippen LogP contribution in [0.1, 0.15) is 21.6 Å². The second-order valence-electron chi connectivity index (χ2n) is 5.37. The van der Waals surface area contributed by atoms with E-state index in [0.717, 1.165) is 10.2 Å². The van der Waals surface area contributed by atoms with E-state index in [-0.39, 0.29) is 5.91 Å². The van der Waals surface area contributed by atoms with Crippen LogP contribution in [0.3, 0.4) is 0 Å². The van der Waals surface area contributed by atoms with Crippen molar-refractivity contribution in [2.24, 2.45) is 12.0 Å². The molecule has 0 radical (unpaired) electrons. The van der Waals surface area contributed by atoms with Gasteiger partial charge >= 0.3 is 0 Å². The van der Waals surface area contributed by atoms with Gasteiger partial charge in [0.25, 0.3) is 5.91 Å². The van der Waals surface area contributed by atoms with Gasteiger partial charge in [-0.2, -0.15) is 10.1 Å². The molecule has 3 rings (SSSR count). The van der Waals surface area contributed by atoms with Crippen LogP contribution in [0.15, 0.2) is 29.4 Å². The number of terminal acetylenes is 1. The zero-order chi connectivity index (χ0) is 16.6. The van der Waals surface area contributed by atoms with E-state index in [9.17, 15) is 4.79 Å². The Balaban J connectivity index is 2.20. The number of fused-ring (bicyclic) bond motifs is 1. The molecule has 0 fully saturated rings. The average Bonchev–Trinajstić information content (AvgIpc) is 3.06. The summed E-state index contributed by atoms with van der Waals surface area (Å²) >= 11 is 1.46. The smallest absolute Gasteiger partial charge is 0.300 e. The second-order valence-corrected chi connectivity index (χ2v) is 6.38. The molecule has 2 aromatic heterocycles. The molecule has 1 aromatic carbocycles. The summed E-state index contributed by atoms with van der Waals surface area (Å²) in [7, 11) is 1.76. The lowest BCUT2D eigenvalue weighted by Gasteiger charge is -2.03. The molecule has 0 aliphatic carbocycles. The van der Waals surface area contributed by atoms with E-state index in [4.69, 9.17) is 6.42 Å². The Kier molecular flexibility index (Phi) is 3.89. The Morgan fingerprint density at radius 2 is 2.13 bits per heavy atom. The van der Waals surface area contributed by atoms with E-state index in [1.807, 2.05) is 4.57 Å². The van der Waals surface area contributed by atoms with Crippen LogP contribution >= 0.6 is 11.3 Å². The molecular formula is C17H16N4OS. The van der Waals surface area contributed by atoms with Crippen LogP contribution in [0.5, 0.6) is 0 Å². The average molecular weight is 324 g/mol. The summed E-state index contributed by atoms with van der Waals surface area (Å²) < 4.78 is 4.54. The first-order valence-electron chi connectivity index (χ1n) is 7.12. The van der Waals surface area contributed by atoms with Gasteiger partial charge in [0.2, 0.25) is 0 Å². The van der Waals surface area contributed by atoms with Crippen LogP contribution in [0.25, 0.3) is 10.2 Å². The molecule has 23 heavy (non-hydrogen) atoms. The van der Waals surface area contributed by atoms with Crippen molar-refractivity contribution in [3.63, 3.8) is 0 Å². The van der Waals surface area contributed by atoms with Crippen molar-refractivity contribution in [1.82, 2.24) is 14.3 Å². The lowest BCUT2D eigenvalue weighted by molar-refractivity contribution is 0.0992. The molecule has 0 N–H and O–H groups in total. The molecule has 1 amide bonds. The molecule has 0 aliphatic rings. The predicted octanol–water partition coefficient (Wildman–Crippen LogP) is 2.43. The molecule has 0 atom stereocenters. The van der Waals surface area contributed by atoms with Gasteiger partial charge < -0.3 is 4.57 Å². The van der Waals surface area contributed by atoms with Gasteiger partial charge in [-0.25, -0.2) is 0 Å². The topological polar surface area (TPSA) is 52.2 Å². The van der Waals surface area contributed by atoms with Gasteiger partial charge in [-0.3, -0.25) is 9.48 Å². The number of nitrogens with zero attached hydrogens (tertiary/aromatic N) is 4. The highest BCUT2D eigenvalue weighted by atomic mass is 32.1. The standard InChI is InChI=1S/C17H16N4OS/c1-5-7-21-14-9-11(2)12(3)10-15(14)23-17(21)18-16(22)13-6-8-20(4)19-13/h1,6,8-10H,7H2,2-4H3. The summed E-state index contributed by atoms with van der Waals surface area (Å²) in [6, 6.07) is 5.84. The fourth-order valence-electron chi connectivity index (χ4n) is 2.32. The van der Waals surface area contributed by atoms with E-state index >= 15 is 0 Å². The van der Waals surface area contributed by atoms with E-state index in [0.29, 0.717) is 17.0 Å². The molecule has 0 saturated carbocycles. The molecule has 0 bridgehead atoms. The zero-order valence-electron chi connectivity index (χ0n) is 13.2. The summed E-state index contributed by atoms with van der Waals surface area (Å²) in [5, 5.41) is 4.09. The minimum Gasteiger partial charge on any atom is -0.305 e. The van der Waals surface area contributed by atoms with Gasteiger partial charge in [-0.05, 0) is 43.2 Å². The lowest BCUT2D eigenvalue weighted by Crippen LogP contribution is -2.16. The number of amides is 1. The monoisotopic (exact) mass is 324 g/mol. The minimum absolute atomic E-state index is 0.324. The maximum absolute atomic E-state index is 12.3. The minimum atomic E-state index is -0.364. The van der Waals surface area contributed by atoms with Crippen LogP contribution in [0.4, 0.5) is 0 Å². The third-order valence-electron chi connectivity index (χ3n) is 3.68. The number of hydrogen-bond donors (Lipinski definition) is 0. The molecule has 6 heteroatoms. The van der Waals surface area contributed by atoms with Gasteiger partial charge in [0, 0.05) is 13.2 Å². The lowest BCUT2D eigenvalue weighted by atomic mass is 10.1. The first-order chi connectivity index (χ1) is 11.0. The summed E-state index contributed by atoms with van der Waals surface area (Å²) in [6.45, 7) is 4.50. The molecule has 0 unspecified atom stereocenters. The van der Waals surface area contributed by atoms with Gasteiger partial charge in [0.1, 0.15) is 0 Å². The Hall–Kier alpha value is -2.65. The van der Waals surface area contributed by atoms with Gasteiger partial charge in [0.15, 0.2) is 10.5 Å². The number of thiazole rings is 1. The van der Waals surface area contributed by atoms with Crippen molar-refractivity contribution in [3.8, 4) is 12.3 Å². The normalized spacial score (nSPS) is 11.8. The third kappa shape index (κ3) is 2.83. The van der Waals surface area contributed by atoms with Crippen molar-refractivity contribution in [2.75, 3.05) is 0 Å². The number of carbonyl (C=O) groups excluding carboxylic acids is 1. The first kappa shape index (κ1) is 15.3. The van der Waals surface area contributed by atoms with Crippen LogP contribution < -0.4 is 4.80 Å². The van der Waals surface area contributed by atoms with Crippen molar-refractivity contribution in [2.45, 2.75) is 20.4 Å². The molecule has 0 aliphatic heterocycles. The third-order valence-corrected chi connectivity index (χ3v) is 4.72. The fourth-order valence-corrected chi connectivity index (χ4v) is 3.43. The largest absolute Gasteiger partial charge is 0.305 e. The maximum atomic E-state index is 12.3. The second kappa shape index (κ2) is 5.86. The number of aromatic nitrogens is 3. The Morgan fingerprint density at radius 1 is 1.39 bits per heavy atom. The van der Waals surface area contributed by atoms with Crippen molar-refractivity contribution < 1.29 is 4.79 Å². The molecule has 0 saturated heterocycles. The summed E-state index contributed by atoms with van der Waals surface area (Å²) in [5.41, 5.74) is 3.71. The van der Waals surface area contributed by atoms with Gasteiger partial charge in [-0.1, -0.05) is 17.3 Å². The number of carbonyl (C=O) groups is 1. The molecule has 5 nitrogen and oxygen atoms in total. The number of benzene rings is 1. The van der Waals surface area contributed by atoms with Crippen LogP contribution in [-0.2, 0) is 13.6 Å². The van der Waals surface area contributed by atoms with Crippen LogP contribution in [0, 0.1) is 26.2 Å². The Bertz CT molecular complexity index is 1010. The van der Waals surface area contributed by atoms with Crippen LogP contribution in [0.2, 0.25) is 0 Å². The zero-order valence-corrected chi connectivity index (χ0v) is 14.0. The molecule has 3 aromatic rings. The molecule has 2 heterocycles. The fraction of sp³-hybridized carbons (Fsp3) is 0.235. The summed E-state index contributed by atoms with van der Waals surface area (Å²) in [5.74, 6) is 2.27. The van der Waals surface area contributed by atoms with Crippen molar-refractivity contribution >= 4 is 27.5 Å².